The Hall–Kier alpha value is -1.47. The number of nitrogens with zero attached hydrogens (tertiary/aromatic N) is 2. The molecular weight excluding hydrogens is 195 g/mol. The molecular formula is C11H11FN2O. The van der Waals surface area contributed by atoms with Crippen LogP contribution in [0.3, 0.4) is 0 Å². The lowest BCUT2D eigenvalue weighted by atomic mass is 9.78. The van der Waals surface area contributed by atoms with Gasteiger partial charge in [-0.2, -0.15) is 5.26 Å². The van der Waals surface area contributed by atoms with Crippen molar-refractivity contribution in [2.24, 2.45) is 0 Å². The van der Waals surface area contributed by atoms with E-state index in [9.17, 15) is 9.65 Å². The first-order valence-electron chi connectivity index (χ1n) is 4.88. The summed E-state index contributed by atoms with van der Waals surface area (Å²) < 4.78 is 18.7. The maximum absolute atomic E-state index is 13.6. The standard InChI is InChI=1S/C11H11FN2O/c12-9-2-1-5-14-10(9)11(8-13)3-6-15-7-4-11/h1-2,5H,3-4,6-7H2. The Morgan fingerprint density at radius 2 is 2.20 bits per heavy atom. The Morgan fingerprint density at radius 3 is 2.80 bits per heavy atom. The third-order valence-electron chi connectivity index (χ3n) is 2.77. The van der Waals surface area contributed by atoms with Crippen LogP contribution in [0.4, 0.5) is 4.39 Å². The molecule has 0 radical (unpaired) electrons. The van der Waals surface area contributed by atoms with Gasteiger partial charge in [-0.1, -0.05) is 0 Å². The van der Waals surface area contributed by atoms with Crippen LogP contribution in [0.5, 0.6) is 0 Å². The van der Waals surface area contributed by atoms with E-state index in [4.69, 9.17) is 4.74 Å². The van der Waals surface area contributed by atoms with E-state index in [1.54, 1.807) is 0 Å². The zero-order valence-electron chi connectivity index (χ0n) is 8.24. The van der Waals surface area contributed by atoms with Crippen LogP contribution in [-0.4, -0.2) is 18.2 Å². The number of aromatic nitrogens is 1. The molecule has 1 aliphatic heterocycles. The number of rotatable bonds is 1. The third-order valence-corrected chi connectivity index (χ3v) is 2.77. The van der Waals surface area contributed by atoms with Crippen molar-refractivity contribution in [3.63, 3.8) is 0 Å². The van der Waals surface area contributed by atoms with E-state index in [1.807, 2.05) is 0 Å². The highest BCUT2D eigenvalue weighted by Crippen LogP contribution is 2.33. The Kier molecular flexibility index (Phi) is 2.65. The number of pyridine rings is 1. The van der Waals surface area contributed by atoms with Crippen molar-refractivity contribution in [2.45, 2.75) is 18.3 Å². The van der Waals surface area contributed by atoms with Crippen LogP contribution in [0.1, 0.15) is 18.5 Å². The summed E-state index contributed by atoms with van der Waals surface area (Å²) in [5, 5.41) is 9.21. The molecule has 0 spiro atoms. The lowest BCUT2D eigenvalue weighted by molar-refractivity contribution is 0.0653. The van der Waals surface area contributed by atoms with Gasteiger partial charge < -0.3 is 4.74 Å². The van der Waals surface area contributed by atoms with Crippen LogP contribution < -0.4 is 0 Å². The molecule has 2 rings (SSSR count). The van der Waals surface area contributed by atoms with Gasteiger partial charge in [-0.3, -0.25) is 4.98 Å². The van der Waals surface area contributed by atoms with E-state index >= 15 is 0 Å². The van der Waals surface area contributed by atoms with E-state index in [0.29, 0.717) is 26.1 Å². The second-order valence-corrected chi connectivity index (χ2v) is 3.64. The summed E-state index contributed by atoms with van der Waals surface area (Å²) in [6.45, 7) is 0.979. The Labute approximate surface area is 87.5 Å². The van der Waals surface area contributed by atoms with Gasteiger partial charge in [0.1, 0.15) is 11.2 Å². The summed E-state index contributed by atoms with van der Waals surface area (Å²) >= 11 is 0. The van der Waals surface area contributed by atoms with E-state index in [0.717, 1.165) is 0 Å². The highest BCUT2D eigenvalue weighted by molar-refractivity contribution is 5.28. The second kappa shape index (κ2) is 3.95. The molecule has 0 amide bonds. The zero-order valence-corrected chi connectivity index (χ0v) is 8.24. The van der Waals surface area contributed by atoms with Gasteiger partial charge in [0, 0.05) is 19.4 Å². The normalized spacial score (nSPS) is 19.5. The number of halogens is 1. The SMILES string of the molecule is N#CC1(c2ncccc2F)CCOCC1. The summed E-state index contributed by atoms with van der Waals surface area (Å²) in [5.41, 5.74) is -0.542. The summed E-state index contributed by atoms with van der Waals surface area (Å²) in [5.74, 6) is -0.402. The molecule has 1 aliphatic rings. The molecule has 1 saturated heterocycles. The molecule has 0 unspecified atom stereocenters. The predicted octanol–water partition coefficient (Wildman–Crippen LogP) is 1.79. The van der Waals surface area contributed by atoms with Crippen molar-refractivity contribution >= 4 is 0 Å². The molecule has 2 heterocycles. The van der Waals surface area contributed by atoms with Crippen LogP contribution in [0.15, 0.2) is 18.3 Å². The smallest absolute Gasteiger partial charge is 0.146 e. The summed E-state index contributed by atoms with van der Waals surface area (Å²) in [6, 6.07) is 5.07. The fraction of sp³-hybridized carbons (Fsp3) is 0.455. The maximum atomic E-state index is 13.6. The quantitative estimate of drug-likeness (QED) is 0.703. The minimum absolute atomic E-state index is 0.260. The third kappa shape index (κ3) is 1.71. The monoisotopic (exact) mass is 206 g/mol. The molecule has 0 saturated carbocycles. The lowest BCUT2D eigenvalue weighted by Gasteiger charge is -2.30. The molecule has 78 valence electrons. The molecule has 0 atom stereocenters. The average molecular weight is 206 g/mol. The molecule has 4 heteroatoms. The highest BCUT2D eigenvalue weighted by Gasteiger charge is 2.38. The fourth-order valence-electron chi connectivity index (χ4n) is 1.86. The molecule has 0 aromatic carbocycles. The number of hydrogen-bond donors (Lipinski definition) is 0. The van der Waals surface area contributed by atoms with E-state index in [-0.39, 0.29) is 5.69 Å². The molecule has 1 aromatic heterocycles. The van der Waals surface area contributed by atoms with Gasteiger partial charge in [0.05, 0.1) is 11.8 Å². The van der Waals surface area contributed by atoms with E-state index in [1.165, 1.54) is 18.3 Å². The second-order valence-electron chi connectivity index (χ2n) is 3.64. The molecule has 15 heavy (non-hydrogen) atoms. The summed E-state index contributed by atoms with van der Waals surface area (Å²) in [4.78, 5) is 3.99. The molecule has 0 N–H and O–H groups in total. The van der Waals surface area contributed by atoms with Crippen LogP contribution >= 0.6 is 0 Å². The molecule has 1 fully saturated rings. The molecule has 0 aliphatic carbocycles. The van der Waals surface area contributed by atoms with Gasteiger partial charge in [0.2, 0.25) is 0 Å². The first-order valence-corrected chi connectivity index (χ1v) is 4.88. The van der Waals surface area contributed by atoms with Crippen molar-refractivity contribution in [2.75, 3.05) is 13.2 Å². The van der Waals surface area contributed by atoms with Gasteiger partial charge in [0.25, 0.3) is 0 Å². The Balaban J connectivity index is 2.42. The number of ether oxygens (including phenoxy) is 1. The van der Waals surface area contributed by atoms with Gasteiger partial charge in [-0.05, 0) is 25.0 Å². The van der Waals surface area contributed by atoms with Gasteiger partial charge in [0.15, 0.2) is 0 Å². The number of nitriles is 1. The molecule has 1 aromatic rings. The number of hydrogen-bond acceptors (Lipinski definition) is 3. The van der Waals surface area contributed by atoms with Crippen LogP contribution in [0.25, 0.3) is 0 Å². The largest absolute Gasteiger partial charge is 0.381 e. The van der Waals surface area contributed by atoms with Gasteiger partial charge >= 0.3 is 0 Å². The van der Waals surface area contributed by atoms with Crippen molar-refractivity contribution in [1.82, 2.24) is 4.98 Å². The van der Waals surface area contributed by atoms with Crippen LogP contribution in [0, 0.1) is 17.1 Å². The predicted molar refractivity (Wildman–Crippen MR) is 51.5 cm³/mol. The lowest BCUT2D eigenvalue weighted by Crippen LogP contribution is -2.34. The summed E-state index contributed by atoms with van der Waals surface area (Å²) in [7, 11) is 0. The molecule has 3 nitrogen and oxygen atoms in total. The Morgan fingerprint density at radius 1 is 1.47 bits per heavy atom. The minimum Gasteiger partial charge on any atom is -0.381 e. The van der Waals surface area contributed by atoms with E-state index < -0.39 is 11.2 Å². The minimum atomic E-state index is -0.802. The van der Waals surface area contributed by atoms with Gasteiger partial charge in [-0.15, -0.1) is 0 Å². The van der Waals surface area contributed by atoms with Crippen LogP contribution in [-0.2, 0) is 10.2 Å². The zero-order chi connectivity index (χ0) is 10.7. The van der Waals surface area contributed by atoms with E-state index in [2.05, 4.69) is 11.1 Å². The Bertz CT molecular complexity index is 394. The molecule has 0 bridgehead atoms. The first kappa shape index (κ1) is 10.1. The van der Waals surface area contributed by atoms with Crippen LogP contribution in [0.2, 0.25) is 0 Å². The topological polar surface area (TPSA) is 45.9 Å². The highest BCUT2D eigenvalue weighted by atomic mass is 19.1. The summed E-state index contributed by atoms with van der Waals surface area (Å²) in [6.07, 6.45) is 2.54. The fourth-order valence-corrected chi connectivity index (χ4v) is 1.86. The van der Waals surface area contributed by atoms with Crippen molar-refractivity contribution in [3.05, 3.63) is 29.8 Å². The van der Waals surface area contributed by atoms with Crippen molar-refractivity contribution in [1.29, 1.82) is 5.26 Å². The van der Waals surface area contributed by atoms with Crippen molar-refractivity contribution in [3.8, 4) is 6.07 Å². The average Bonchev–Trinajstić information content (AvgIpc) is 2.30. The maximum Gasteiger partial charge on any atom is 0.146 e. The first-order chi connectivity index (χ1) is 7.28. The van der Waals surface area contributed by atoms with Crippen molar-refractivity contribution < 1.29 is 9.13 Å². The van der Waals surface area contributed by atoms with Gasteiger partial charge in [-0.25, -0.2) is 4.39 Å².